The molecule has 2 aromatic rings. The molecule has 24 heavy (non-hydrogen) atoms. The fraction of sp³-hybridized carbons (Fsp3) is 0.188. The molecule has 0 heterocycles. The van der Waals surface area contributed by atoms with Gasteiger partial charge in [0.05, 0.1) is 13.2 Å². The van der Waals surface area contributed by atoms with Gasteiger partial charge in [-0.05, 0) is 17.7 Å². The minimum Gasteiger partial charge on any atom is -0.497 e. The Morgan fingerprint density at radius 3 is 2.38 bits per heavy atom. The summed E-state index contributed by atoms with van der Waals surface area (Å²) in [6.07, 6.45) is -1.21. The molecular weight excluding hydrogens is 330 g/mol. The van der Waals surface area contributed by atoms with Crippen LogP contribution in [0.2, 0.25) is 0 Å². The molecule has 0 spiro atoms. The summed E-state index contributed by atoms with van der Waals surface area (Å²) in [7, 11) is 1.43. The Kier molecular flexibility index (Phi) is 5.40. The quantitative estimate of drug-likeness (QED) is 0.648. The number of rotatable bonds is 5. The molecule has 1 amide bonds. The lowest BCUT2D eigenvalue weighted by atomic mass is 10.1. The Labute approximate surface area is 134 Å². The molecule has 2 aromatic carbocycles. The van der Waals surface area contributed by atoms with Crippen molar-refractivity contribution in [3.05, 3.63) is 64.7 Å². The van der Waals surface area contributed by atoms with Gasteiger partial charge in [-0.15, -0.1) is 0 Å². The highest BCUT2D eigenvalue weighted by molar-refractivity contribution is 5.94. The Balaban J connectivity index is 2.13. The lowest BCUT2D eigenvalue weighted by Crippen LogP contribution is -2.30. The van der Waals surface area contributed by atoms with Crippen molar-refractivity contribution >= 4 is 5.91 Å². The Morgan fingerprint density at radius 2 is 1.79 bits per heavy atom. The smallest absolute Gasteiger partial charge is 0.257 e. The second-order valence-electron chi connectivity index (χ2n) is 4.85. The maximum atomic E-state index is 13.5. The largest absolute Gasteiger partial charge is 0.497 e. The molecule has 0 fully saturated rings. The first-order chi connectivity index (χ1) is 11.3. The molecule has 0 bridgehead atoms. The Hall–Kier alpha value is -2.61. The van der Waals surface area contributed by atoms with E-state index < -0.39 is 47.4 Å². The van der Waals surface area contributed by atoms with Crippen LogP contribution in [0.15, 0.2) is 30.3 Å². The van der Waals surface area contributed by atoms with Crippen molar-refractivity contribution in [1.82, 2.24) is 5.32 Å². The van der Waals surface area contributed by atoms with E-state index in [1.807, 2.05) is 5.32 Å². The average molecular weight is 343 g/mol. The summed E-state index contributed by atoms with van der Waals surface area (Å²) in [6, 6.07) is 6.28. The highest BCUT2D eigenvalue weighted by atomic mass is 19.2. The van der Waals surface area contributed by atoms with Crippen LogP contribution in [0.1, 0.15) is 22.0 Å². The van der Waals surface area contributed by atoms with Crippen molar-refractivity contribution in [2.75, 3.05) is 13.7 Å². The van der Waals surface area contributed by atoms with Crippen LogP contribution in [-0.4, -0.2) is 24.7 Å². The maximum absolute atomic E-state index is 13.5. The highest BCUT2D eigenvalue weighted by Gasteiger charge is 2.25. The van der Waals surface area contributed by atoms with E-state index in [-0.39, 0.29) is 6.07 Å². The molecule has 2 N–H and O–H groups in total. The zero-order valence-electron chi connectivity index (χ0n) is 12.4. The zero-order valence-corrected chi connectivity index (χ0v) is 12.4. The van der Waals surface area contributed by atoms with Crippen molar-refractivity contribution < 1.29 is 32.2 Å². The van der Waals surface area contributed by atoms with Crippen molar-refractivity contribution in [2.24, 2.45) is 0 Å². The molecule has 0 aromatic heterocycles. The number of hydrogen-bond acceptors (Lipinski definition) is 3. The van der Waals surface area contributed by atoms with Gasteiger partial charge in [-0.3, -0.25) is 4.79 Å². The van der Waals surface area contributed by atoms with Gasteiger partial charge in [0.1, 0.15) is 11.3 Å². The molecule has 1 unspecified atom stereocenters. The minimum absolute atomic E-state index is 0.00649. The summed E-state index contributed by atoms with van der Waals surface area (Å²) in [6.45, 7) is -0.428. The fourth-order valence-corrected chi connectivity index (χ4v) is 2.02. The number of halogens is 4. The summed E-state index contributed by atoms with van der Waals surface area (Å²) in [5, 5.41) is 12.0. The number of aliphatic hydroxyl groups excluding tert-OH is 1. The first-order valence-corrected chi connectivity index (χ1v) is 6.78. The molecular formula is C16H13F4NO3. The van der Waals surface area contributed by atoms with Gasteiger partial charge in [0, 0.05) is 12.6 Å². The number of carbonyl (C=O) groups is 1. The summed E-state index contributed by atoms with van der Waals surface area (Å²) in [5.41, 5.74) is -1.01. The van der Waals surface area contributed by atoms with Crippen LogP contribution in [-0.2, 0) is 0 Å². The second kappa shape index (κ2) is 7.31. The van der Waals surface area contributed by atoms with Gasteiger partial charge in [0.15, 0.2) is 23.3 Å². The molecule has 0 aliphatic rings. The number of benzene rings is 2. The van der Waals surface area contributed by atoms with E-state index in [2.05, 4.69) is 0 Å². The molecule has 1 atom stereocenters. The van der Waals surface area contributed by atoms with E-state index in [1.165, 1.54) is 13.2 Å². The summed E-state index contributed by atoms with van der Waals surface area (Å²) in [4.78, 5) is 11.8. The van der Waals surface area contributed by atoms with E-state index in [9.17, 15) is 27.5 Å². The zero-order chi connectivity index (χ0) is 17.9. The fourth-order valence-electron chi connectivity index (χ4n) is 2.02. The van der Waals surface area contributed by atoms with Crippen LogP contribution in [0.5, 0.6) is 5.75 Å². The third-order valence-corrected chi connectivity index (χ3v) is 3.27. The van der Waals surface area contributed by atoms with Crippen LogP contribution in [0.3, 0.4) is 0 Å². The van der Waals surface area contributed by atoms with Gasteiger partial charge < -0.3 is 15.2 Å². The SMILES string of the molecule is COc1cccc(C(O)CNC(=O)c2c(F)c(F)cc(F)c2F)c1. The standard InChI is InChI=1S/C16H13F4NO3/c1-24-9-4-2-3-8(5-9)12(22)7-21-16(23)13-14(19)10(17)6-11(18)15(13)20/h2-6,12,22H,7H2,1H3,(H,21,23). The molecule has 0 saturated carbocycles. The number of aliphatic hydroxyl groups is 1. The van der Waals surface area contributed by atoms with Crippen molar-refractivity contribution in [3.63, 3.8) is 0 Å². The predicted molar refractivity (Wildman–Crippen MR) is 76.6 cm³/mol. The predicted octanol–water partition coefficient (Wildman–Crippen LogP) is 2.72. The molecule has 128 valence electrons. The minimum atomic E-state index is -1.80. The van der Waals surface area contributed by atoms with Crippen molar-refractivity contribution in [2.45, 2.75) is 6.10 Å². The van der Waals surface area contributed by atoms with E-state index in [4.69, 9.17) is 4.74 Å². The number of carbonyl (C=O) groups excluding carboxylic acids is 1. The molecule has 8 heteroatoms. The normalized spacial score (nSPS) is 11.9. The first kappa shape index (κ1) is 17.7. The van der Waals surface area contributed by atoms with E-state index in [0.29, 0.717) is 11.3 Å². The summed E-state index contributed by atoms with van der Waals surface area (Å²) in [5.74, 6) is -7.91. The number of amides is 1. The van der Waals surface area contributed by atoms with Gasteiger partial charge in [-0.2, -0.15) is 0 Å². The topological polar surface area (TPSA) is 58.6 Å². The van der Waals surface area contributed by atoms with Gasteiger partial charge in [-0.1, -0.05) is 12.1 Å². The van der Waals surface area contributed by atoms with Crippen LogP contribution in [0.25, 0.3) is 0 Å². The van der Waals surface area contributed by atoms with Crippen molar-refractivity contribution in [1.29, 1.82) is 0 Å². The van der Waals surface area contributed by atoms with E-state index in [0.717, 1.165) is 0 Å². The molecule has 0 saturated heterocycles. The lowest BCUT2D eigenvalue weighted by Gasteiger charge is -2.14. The van der Waals surface area contributed by atoms with Crippen LogP contribution in [0.4, 0.5) is 17.6 Å². The van der Waals surface area contributed by atoms with Gasteiger partial charge in [0.2, 0.25) is 0 Å². The summed E-state index contributed by atoms with van der Waals surface area (Å²) < 4.78 is 58.2. The number of hydrogen-bond donors (Lipinski definition) is 2. The molecule has 2 rings (SSSR count). The maximum Gasteiger partial charge on any atom is 0.257 e. The van der Waals surface area contributed by atoms with Crippen LogP contribution < -0.4 is 10.1 Å². The second-order valence-corrected chi connectivity index (χ2v) is 4.85. The Morgan fingerprint density at radius 1 is 1.17 bits per heavy atom. The lowest BCUT2D eigenvalue weighted by molar-refractivity contribution is 0.0905. The first-order valence-electron chi connectivity index (χ1n) is 6.78. The number of nitrogens with one attached hydrogen (secondary N) is 1. The number of methoxy groups -OCH3 is 1. The van der Waals surface area contributed by atoms with Gasteiger partial charge >= 0.3 is 0 Å². The molecule has 0 aliphatic carbocycles. The van der Waals surface area contributed by atoms with E-state index in [1.54, 1.807) is 18.2 Å². The molecule has 0 radical (unpaired) electrons. The third-order valence-electron chi connectivity index (χ3n) is 3.27. The van der Waals surface area contributed by atoms with Gasteiger partial charge in [0.25, 0.3) is 5.91 Å². The molecule has 0 aliphatic heterocycles. The van der Waals surface area contributed by atoms with Crippen molar-refractivity contribution in [3.8, 4) is 5.75 Å². The third kappa shape index (κ3) is 3.65. The van der Waals surface area contributed by atoms with E-state index >= 15 is 0 Å². The van der Waals surface area contributed by atoms with Crippen LogP contribution in [0, 0.1) is 23.3 Å². The average Bonchev–Trinajstić information content (AvgIpc) is 2.58. The van der Waals surface area contributed by atoms with Gasteiger partial charge in [-0.25, -0.2) is 17.6 Å². The number of ether oxygens (including phenoxy) is 1. The Bertz CT molecular complexity index is 741. The van der Waals surface area contributed by atoms with Crippen LogP contribution >= 0.6 is 0 Å². The molecule has 4 nitrogen and oxygen atoms in total. The monoisotopic (exact) mass is 343 g/mol. The highest BCUT2D eigenvalue weighted by Crippen LogP contribution is 2.21. The summed E-state index contributed by atoms with van der Waals surface area (Å²) >= 11 is 0.